The summed E-state index contributed by atoms with van der Waals surface area (Å²) in [5, 5.41) is 0.0469. The van der Waals surface area contributed by atoms with Crippen LogP contribution in [0.2, 0.25) is 5.02 Å². The van der Waals surface area contributed by atoms with Crippen molar-refractivity contribution in [1.29, 1.82) is 0 Å². The first-order valence-corrected chi connectivity index (χ1v) is 5.99. The standard InChI is InChI=1S/C13H12ClF2N3/c14-11-3-1-2-8(13(11)16)5-12(19-17)9-4-10(15)7-18-6-9/h1-4,6-7,12,19H,5,17H2. The number of benzene rings is 1. The van der Waals surface area contributed by atoms with Crippen LogP contribution in [0.3, 0.4) is 0 Å². The highest BCUT2D eigenvalue weighted by molar-refractivity contribution is 6.30. The molecule has 1 atom stereocenters. The zero-order valence-corrected chi connectivity index (χ0v) is 10.7. The van der Waals surface area contributed by atoms with Crippen molar-refractivity contribution < 1.29 is 8.78 Å². The van der Waals surface area contributed by atoms with Gasteiger partial charge in [0, 0.05) is 6.20 Å². The van der Waals surface area contributed by atoms with E-state index in [9.17, 15) is 8.78 Å². The Bertz CT molecular complexity index is 578. The van der Waals surface area contributed by atoms with Gasteiger partial charge >= 0.3 is 0 Å². The van der Waals surface area contributed by atoms with Crippen LogP contribution in [0.25, 0.3) is 0 Å². The minimum absolute atomic E-state index is 0.0469. The van der Waals surface area contributed by atoms with Crippen molar-refractivity contribution in [2.75, 3.05) is 0 Å². The summed E-state index contributed by atoms with van der Waals surface area (Å²) in [7, 11) is 0. The number of halogens is 3. The number of nitrogens with one attached hydrogen (secondary N) is 1. The second-order valence-electron chi connectivity index (χ2n) is 4.07. The molecule has 2 rings (SSSR count). The van der Waals surface area contributed by atoms with E-state index in [0.717, 1.165) is 6.20 Å². The van der Waals surface area contributed by atoms with Crippen molar-refractivity contribution in [2.45, 2.75) is 12.5 Å². The van der Waals surface area contributed by atoms with Gasteiger partial charge in [-0.2, -0.15) is 0 Å². The molecule has 3 nitrogen and oxygen atoms in total. The highest BCUT2D eigenvalue weighted by atomic mass is 35.5. The number of hydrogen-bond acceptors (Lipinski definition) is 3. The largest absolute Gasteiger partial charge is 0.271 e. The molecule has 0 aliphatic heterocycles. The zero-order valence-electron chi connectivity index (χ0n) is 9.91. The first-order valence-electron chi connectivity index (χ1n) is 5.61. The van der Waals surface area contributed by atoms with Crippen LogP contribution in [0.4, 0.5) is 8.78 Å². The molecule has 0 aliphatic carbocycles. The molecule has 0 saturated heterocycles. The normalized spacial score (nSPS) is 12.4. The van der Waals surface area contributed by atoms with Crippen molar-refractivity contribution >= 4 is 11.6 Å². The molecular formula is C13H12ClF2N3. The molecule has 1 heterocycles. The summed E-state index contributed by atoms with van der Waals surface area (Å²) in [4.78, 5) is 3.74. The monoisotopic (exact) mass is 283 g/mol. The van der Waals surface area contributed by atoms with Gasteiger partial charge in [-0.15, -0.1) is 0 Å². The van der Waals surface area contributed by atoms with Gasteiger partial charge in [-0.25, -0.2) is 8.78 Å². The second kappa shape index (κ2) is 6.06. The van der Waals surface area contributed by atoms with Gasteiger partial charge in [-0.3, -0.25) is 16.3 Å². The lowest BCUT2D eigenvalue weighted by Crippen LogP contribution is -2.30. The van der Waals surface area contributed by atoms with Gasteiger partial charge in [0.25, 0.3) is 0 Å². The van der Waals surface area contributed by atoms with Gasteiger partial charge in [0.15, 0.2) is 0 Å². The number of rotatable bonds is 4. The number of nitrogens with two attached hydrogens (primary N) is 1. The maximum Gasteiger partial charge on any atom is 0.145 e. The summed E-state index contributed by atoms with van der Waals surface area (Å²) in [6.45, 7) is 0. The lowest BCUT2D eigenvalue weighted by Gasteiger charge is -2.16. The SMILES string of the molecule is NNC(Cc1cccc(Cl)c1F)c1cncc(F)c1. The first-order chi connectivity index (χ1) is 9.11. The predicted molar refractivity (Wildman–Crippen MR) is 69.4 cm³/mol. The zero-order chi connectivity index (χ0) is 13.8. The van der Waals surface area contributed by atoms with Crippen LogP contribution in [0, 0.1) is 11.6 Å². The summed E-state index contributed by atoms with van der Waals surface area (Å²) in [6, 6.07) is 5.59. The van der Waals surface area contributed by atoms with Crippen molar-refractivity contribution in [1.82, 2.24) is 10.4 Å². The Morgan fingerprint density at radius 3 is 2.79 bits per heavy atom. The minimum Gasteiger partial charge on any atom is -0.271 e. The van der Waals surface area contributed by atoms with E-state index in [2.05, 4.69) is 10.4 Å². The van der Waals surface area contributed by atoms with Crippen LogP contribution in [-0.4, -0.2) is 4.98 Å². The van der Waals surface area contributed by atoms with Gasteiger partial charge in [-0.1, -0.05) is 23.7 Å². The molecule has 19 heavy (non-hydrogen) atoms. The Hall–Kier alpha value is -1.56. The number of nitrogens with zero attached hydrogens (tertiary/aromatic N) is 1. The molecule has 100 valence electrons. The van der Waals surface area contributed by atoms with Crippen LogP contribution in [0.1, 0.15) is 17.2 Å². The van der Waals surface area contributed by atoms with Crippen molar-refractivity contribution in [3.8, 4) is 0 Å². The lowest BCUT2D eigenvalue weighted by molar-refractivity contribution is 0.522. The summed E-state index contributed by atoms with van der Waals surface area (Å²) in [5.74, 6) is 4.48. The Morgan fingerprint density at radius 2 is 2.11 bits per heavy atom. The molecule has 3 N–H and O–H groups in total. The first kappa shape index (κ1) is 13.9. The molecule has 1 aromatic carbocycles. The average Bonchev–Trinajstić information content (AvgIpc) is 2.40. The van der Waals surface area contributed by atoms with Crippen molar-refractivity contribution in [2.24, 2.45) is 5.84 Å². The summed E-state index contributed by atoms with van der Waals surface area (Å²) < 4.78 is 26.9. The number of aromatic nitrogens is 1. The van der Waals surface area contributed by atoms with Crippen LogP contribution in [0.15, 0.2) is 36.7 Å². The molecule has 0 amide bonds. The molecule has 1 unspecified atom stereocenters. The maximum absolute atomic E-state index is 13.8. The highest BCUT2D eigenvalue weighted by Crippen LogP contribution is 2.23. The van der Waals surface area contributed by atoms with Crippen LogP contribution >= 0.6 is 11.6 Å². The third-order valence-electron chi connectivity index (χ3n) is 2.79. The molecular weight excluding hydrogens is 272 g/mol. The second-order valence-corrected chi connectivity index (χ2v) is 4.48. The van der Waals surface area contributed by atoms with Crippen molar-refractivity contribution in [3.63, 3.8) is 0 Å². The van der Waals surface area contributed by atoms with Crippen molar-refractivity contribution in [3.05, 3.63) is 64.4 Å². The molecule has 0 saturated carbocycles. The highest BCUT2D eigenvalue weighted by Gasteiger charge is 2.15. The molecule has 6 heteroatoms. The van der Waals surface area contributed by atoms with E-state index < -0.39 is 17.7 Å². The van der Waals surface area contributed by atoms with Gasteiger partial charge < -0.3 is 0 Å². The van der Waals surface area contributed by atoms with Crippen LogP contribution in [0.5, 0.6) is 0 Å². The molecule has 0 radical (unpaired) electrons. The van der Waals surface area contributed by atoms with Gasteiger partial charge in [0.1, 0.15) is 11.6 Å². The molecule has 0 aliphatic rings. The average molecular weight is 284 g/mol. The summed E-state index contributed by atoms with van der Waals surface area (Å²) >= 11 is 5.71. The lowest BCUT2D eigenvalue weighted by atomic mass is 10.0. The predicted octanol–water partition coefficient (Wildman–Crippen LogP) is 2.76. The Kier molecular flexibility index (Phi) is 4.42. The Morgan fingerprint density at radius 1 is 1.32 bits per heavy atom. The van der Waals surface area contributed by atoms with Gasteiger partial charge in [-0.05, 0) is 29.7 Å². The topological polar surface area (TPSA) is 50.9 Å². The Labute approximate surface area is 114 Å². The smallest absolute Gasteiger partial charge is 0.145 e. The third kappa shape index (κ3) is 3.26. The number of hydrogen-bond donors (Lipinski definition) is 2. The van der Waals surface area contributed by atoms with E-state index >= 15 is 0 Å². The quantitative estimate of drug-likeness (QED) is 0.670. The number of hydrazine groups is 1. The van der Waals surface area contributed by atoms with E-state index in [1.807, 2.05) is 0 Å². The molecule has 2 aromatic rings. The number of pyridine rings is 1. The fourth-order valence-corrected chi connectivity index (χ4v) is 2.01. The maximum atomic E-state index is 13.8. The van der Waals surface area contributed by atoms with Crippen LogP contribution in [-0.2, 0) is 6.42 Å². The van der Waals surface area contributed by atoms with E-state index in [1.165, 1.54) is 18.3 Å². The molecule has 0 fully saturated rings. The Balaban J connectivity index is 2.26. The summed E-state index contributed by atoms with van der Waals surface area (Å²) in [5.41, 5.74) is 3.47. The van der Waals surface area contributed by atoms with Crippen LogP contribution < -0.4 is 11.3 Å². The molecule has 1 aromatic heterocycles. The van der Waals surface area contributed by atoms with E-state index in [1.54, 1.807) is 12.1 Å². The minimum atomic E-state index is -0.492. The fraction of sp³-hybridized carbons (Fsp3) is 0.154. The van der Waals surface area contributed by atoms with Gasteiger partial charge in [0.2, 0.25) is 0 Å². The summed E-state index contributed by atoms with van der Waals surface area (Å²) in [6.07, 6.45) is 2.82. The van der Waals surface area contributed by atoms with E-state index in [-0.39, 0.29) is 11.4 Å². The molecule has 0 bridgehead atoms. The molecule has 0 spiro atoms. The van der Waals surface area contributed by atoms with E-state index in [0.29, 0.717) is 11.1 Å². The van der Waals surface area contributed by atoms with E-state index in [4.69, 9.17) is 17.4 Å². The van der Waals surface area contributed by atoms with Gasteiger partial charge in [0.05, 0.1) is 17.3 Å². The third-order valence-corrected chi connectivity index (χ3v) is 3.08. The fourth-order valence-electron chi connectivity index (χ4n) is 1.82.